The number of carbonyl (C=O) groups excluding carboxylic acids is 2. The lowest BCUT2D eigenvalue weighted by molar-refractivity contribution is 0.102. The van der Waals surface area contributed by atoms with Crippen molar-refractivity contribution >= 4 is 45.8 Å². The second-order valence-corrected chi connectivity index (χ2v) is 7.11. The molecule has 3 rings (SSSR count). The fraction of sp³-hybridized carbons (Fsp3) is 0.0476. The third-order valence-corrected chi connectivity index (χ3v) is 4.76. The van der Waals surface area contributed by atoms with Crippen LogP contribution in [0.5, 0.6) is 0 Å². The monoisotopic (exact) mass is 474 g/mol. The lowest BCUT2D eigenvalue weighted by atomic mass is 10.1. The van der Waals surface area contributed by atoms with E-state index in [1.165, 1.54) is 18.2 Å². The van der Waals surface area contributed by atoms with E-state index in [1.54, 1.807) is 30.3 Å². The fourth-order valence-corrected chi connectivity index (χ4v) is 3.30. The number of para-hydroxylation sites is 1. The van der Waals surface area contributed by atoms with Gasteiger partial charge in [0.25, 0.3) is 11.8 Å². The Balaban J connectivity index is 1.83. The highest BCUT2D eigenvalue weighted by Gasteiger charge is 2.16. The molecule has 27 heavy (non-hydrogen) atoms. The molecule has 2 N–H and O–H groups in total. The zero-order valence-corrected chi connectivity index (χ0v) is 16.6. The third kappa shape index (κ3) is 4.71. The highest BCUT2D eigenvalue weighted by atomic mass is 127. The first-order chi connectivity index (χ1) is 12.9. The first-order valence-corrected chi connectivity index (χ1v) is 9.25. The van der Waals surface area contributed by atoms with Gasteiger partial charge in [0.05, 0.1) is 16.8 Å². The Morgan fingerprint density at radius 3 is 2.33 bits per heavy atom. The van der Waals surface area contributed by atoms with Crippen LogP contribution in [0.25, 0.3) is 0 Å². The largest absolute Gasteiger partial charge is 0.322 e. The van der Waals surface area contributed by atoms with E-state index in [4.69, 9.17) is 0 Å². The predicted molar refractivity (Wildman–Crippen MR) is 113 cm³/mol. The average Bonchev–Trinajstić information content (AvgIpc) is 2.62. The van der Waals surface area contributed by atoms with E-state index >= 15 is 0 Å². The van der Waals surface area contributed by atoms with Crippen LogP contribution in [0.4, 0.5) is 15.8 Å². The van der Waals surface area contributed by atoms with Gasteiger partial charge in [0.15, 0.2) is 0 Å². The van der Waals surface area contributed by atoms with Crippen LogP contribution in [0.15, 0.2) is 66.7 Å². The number of nitrogens with one attached hydrogen (secondary N) is 2. The summed E-state index contributed by atoms with van der Waals surface area (Å²) in [5.41, 5.74) is 2.76. The van der Waals surface area contributed by atoms with Crippen LogP contribution in [-0.4, -0.2) is 11.8 Å². The molecular formula is C21H16FIN2O2. The third-order valence-electron chi connectivity index (χ3n) is 3.87. The molecule has 4 nitrogen and oxygen atoms in total. The van der Waals surface area contributed by atoms with Gasteiger partial charge in [-0.1, -0.05) is 24.3 Å². The smallest absolute Gasteiger partial charge is 0.257 e. The molecule has 0 heterocycles. The topological polar surface area (TPSA) is 58.2 Å². The van der Waals surface area contributed by atoms with E-state index in [2.05, 4.69) is 10.6 Å². The van der Waals surface area contributed by atoms with E-state index in [0.29, 0.717) is 26.1 Å². The van der Waals surface area contributed by atoms with Crippen LogP contribution >= 0.6 is 22.6 Å². The molecule has 0 saturated heterocycles. The number of aryl methyl sites for hydroxylation is 1. The maximum absolute atomic E-state index is 13.3. The second-order valence-electron chi connectivity index (χ2n) is 5.95. The molecule has 0 aliphatic carbocycles. The van der Waals surface area contributed by atoms with Gasteiger partial charge < -0.3 is 10.6 Å². The molecule has 3 aromatic carbocycles. The van der Waals surface area contributed by atoms with Crippen molar-refractivity contribution in [1.82, 2.24) is 0 Å². The molecule has 0 saturated carbocycles. The number of hydrogen-bond donors (Lipinski definition) is 2. The predicted octanol–water partition coefficient (Wildman–Crippen LogP) is 5.24. The van der Waals surface area contributed by atoms with E-state index in [-0.39, 0.29) is 5.91 Å². The van der Waals surface area contributed by atoms with Crippen LogP contribution < -0.4 is 10.6 Å². The molecule has 0 unspecified atom stereocenters. The summed E-state index contributed by atoms with van der Waals surface area (Å²) in [6, 6.07) is 18.1. The molecule has 0 fully saturated rings. The van der Waals surface area contributed by atoms with Crippen molar-refractivity contribution in [1.29, 1.82) is 0 Å². The summed E-state index contributed by atoms with van der Waals surface area (Å²) in [4.78, 5) is 25.2. The normalized spacial score (nSPS) is 10.3. The molecule has 0 aliphatic rings. The standard InChI is InChI=1S/C21H16FIN2O2/c1-13-5-4-6-15(11-13)24-21(27)17-7-2-3-8-19(17)25-20(26)16-10-9-14(22)12-18(16)23/h2-12H,1H3,(H,24,27)(H,25,26). The van der Waals surface area contributed by atoms with Gasteiger partial charge in [-0.25, -0.2) is 4.39 Å². The second kappa shape index (κ2) is 8.30. The van der Waals surface area contributed by atoms with E-state index in [1.807, 2.05) is 47.7 Å². The molecule has 0 aliphatic heterocycles. The van der Waals surface area contributed by atoms with Gasteiger partial charge in [0, 0.05) is 9.26 Å². The van der Waals surface area contributed by atoms with Crippen molar-refractivity contribution in [3.63, 3.8) is 0 Å². The summed E-state index contributed by atoms with van der Waals surface area (Å²) < 4.78 is 13.7. The van der Waals surface area contributed by atoms with Gasteiger partial charge in [-0.2, -0.15) is 0 Å². The lowest BCUT2D eigenvalue weighted by Crippen LogP contribution is -2.19. The number of rotatable bonds is 4. The quantitative estimate of drug-likeness (QED) is 0.508. The van der Waals surface area contributed by atoms with Crippen molar-refractivity contribution in [2.45, 2.75) is 6.92 Å². The highest BCUT2D eigenvalue weighted by molar-refractivity contribution is 14.1. The van der Waals surface area contributed by atoms with E-state index in [0.717, 1.165) is 5.56 Å². The number of hydrogen-bond acceptors (Lipinski definition) is 2. The minimum atomic E-state index is -0.408. The average molecular weight is 474 g/mol. The maximum Gasteiger partial charge on any atom is 0.257 e. The highest BCUT2D eigenvalue weighted by Crippen LogP contribution is 2.21. The Morgan fingerprint density at radius 1 is 0.852 bits per heavy atom. The summed E-state index contributed by atoms with van der Waals surface area (Å²) in [5, 5.41) is 5.57. The van der Waals surface area contributed by atoms with Crippen molar-refractivity contribution in [3.8, 4) is 0 Å². The molecule has 0 radical (unpaired) electrons. The summed E-state index contributed by atoms with van der Waals surface area (Å²) in [5.74, 6) is -1.14. The number of amides is 2. The summed E-state index contributed by atoms with van der Waals surface area (Å²) in [6.45, 7) is 1.94. The molecule has 136 valence electrons. The van der Waals surface area contributed by atoms with Gasteiger partial charge in [-0.3, -0.25) is 9.59 Å². The Kier molecular flexibility index (Phi) is 5.85. The molecular weight excluding hydrogens is 458 g/mol. The number of benzene rings is 3. The van der Waals surface area contributed by atoms with Crippen LogP contribution in [0.3, 0.4) is 0 Å². The van der Waals surface area contributed by atoms with Crippen molar-refractivity contribution < 1.29 is 14.0 Å². The summed E-state index contributed by atoms with van der Waals surface area (Å²) in [7, 11) is 0. The summed E-state index contributed by atoms with van der Waals surface area (Å²) in [6.07, 6.45) is 0. The van der Waals surface area contributed by atoms with E-state index < -0.39 is 11.7 Å². The van der Waals surface area contributed by atoms with Crippen LogP contribution in [0, 0.1) is 16.3 Å². The minimum absolute atomic E-state index is 0.328. The van der Waals surface area contributed by atoms with Gasteiger partial charge in [-0.15, -0.1) is 0 Å². The van der Waals surface area contributed by atoms with Gasteiger partial charge >= 0.3 is 0 Å². The molecule has 2 amide bonds. The Bertz CT molecular complexity index is 1020. The van der Waals surface area contributed by atoms with Gasteiger partial charge in [-0.05, 0) is 77.5 Å². The SMILES string of the molecule is Cc1cccc(NC(=O)c2ccccc2NC(=O)c2ccc(F)cc2I)c1. The first kappa shape index (κ1) is 19.0. The molecule has 3 aromatic rings. The van der Waals surface area contributed by atoms with Crippen molar-refractivity contribution in [2.75, 3.05) is 10.6 Å². The summed E-state index contributed by atoms with van der Waals surface area (Å²) >= 11 is 1.90. The van der Waals surface area contributed by atoms with Gasteiger partial charge in [0.1, 0.15) is 5.82 Å². The zero-order chi connectivity index (χ0) is 19.4. The molecule has 0 atom stereocenters. The van der Waals surface area contributed by atoms with Crippen molar-refractivity contribution in [2.24, 2.45) is 0 Å². The fourth-order valence-electron chi connectivity index (χ4n) is 2.57. The van der Waals surface area contributed by atoms with Crippen molar-refractivity contribution in [3.05, 3.63) is 92.8 Å². The van der Waals surface area contributed by atoms with Gasteiger partial charge in [0.2, 0.25) is 0 Å². The zero-order valence-electron chi connectivity index (χ0n) is 14.4. The Morgan fingerprint density at radius 2 is 1.59 bits per heavy atom. The molecule has 0 spiro atoms. The number of anilines is 2. The maximum atomic E-state index is 13.3. The van der Waals surface area contributed by atoms with E-state index in [9.17, 15) is 14.0 Å². The number of carbonyl (C=O) groups is 2. The van der Waals surface area contributed by atoms with Crippen LogP contribution in [-0.2, 0) is 0 Å². The molecule has 0 aromatic heterocycles. The van der Waals surface area contributed by atoms with Crippen LogP contribution in [0.2, 0.25) is 0 Å². The first-order valence-electron chi connectivity index (χ1n) is 8.17. The minimum Gasteiger partial charge on any atom is -0.322 e. The Hall–Kier alpha value is -2.74. The lowest BCUT2D eigenvalue weighted by Gasteiger charge is -2.12. The Labute approximate surface area is 169 Å². The number of halogens is 2. The molecule has 6 heteroatoms. The van der Waals surface area contributed by atoms with Crippen LogP contribution in [0.1, 0.15) is 26.3 Å². The molecule has 0 bridgehead atoms.